The van der Waals surface area contributed by atoms with Gasteiger partial charge in [-0.2, -0.15) is 0 Å². The summed E-state index contributed by atoms with van der Waals surface area (Å²) in [6.45, 7) is 4.53. The SMILES string of the molecule is CN(C)c1ccc2c(c1)C(C)(C)c1cc(N(C)C)ccc1C21OC(=O)c2ccccc21. The molecule has 1 spiro atoms. The lowest BCUT2D eigenvalue weighted by atomic mass is 9.61. The molecule has 0 N–H and O–H groups in total. The van der Waals surface area contributed by atoms with Crippen LogP contribution >= 0.6 is 0 Å². The molecule has 2 aliphatic rings. The summed E-state index contributed by atoms with van der Waals surface area (Å²) in [6, 6.07) is 20.8. The number of carbonyl (C=O) groups excluding carboxylic acids is 1. The molecule has 0 fully saturated rings. The standard InChI is InChI=1S/C27H28N2O2/c1-26(2)23-15-17(28(3)4)11-13-21(23)27(20-10-8-7-9-19(20)25(30)31-27)22-14-12-18(29(5)6)16-24(22)26/h7-16H,1-6H3. The molecule has 3 aromatic carbocycles. The highest BCUT2D eigenvalue weighted by Gasteiger charge is 2.55. The Labute approximate surface area is 184 Å². The van der Waals surface area contributed by atoms with Gasteiger partial charge in [-0.25, -0.2) is 4.79 Å². The van der Waals surface area contributed by atoms with Crippen molar-refractivity contribution in [3.8, 4) is 0 Å². The molecule has 0 radical (unpaired) electrons. The second kappa shape index (κ2) is 6.36. The minimum atomic E-state index is -0.927. The molecule has 5 rings (SSSR count). The molecule has 1 aliphatic carbocycles. The molecule has 0 atom stereocenters. The highest BCUT2D eigenvalue weighted by atomic mass is 16.6. The van der Waals surface area contributed by atoms with Gasteiger partial charge in [-0.15, -0.1) is 0 Å². The first-order chi connectivity index (χ1) is 14.7. The van der Waals surface area contributed by atoms with Crippen LogP contribution in [0.15, 0.2) is 60.7 Å². The van der Waals surface area contributed by atoms with E-state index < -0.39 is 5.60 Å². The summed E-state index contributed by atoms with van der Waals surface area (Å²) < 4.78 is 6.34. The Kier molecular flexibility index (Phi) is 4.04. The van der Waals surface area contributed by atoms with Crippen molar-refractivity contribution in [3.05, 3.63) is 94.0 Å². The Hall–Kier alpha value is -3.27. The van der Waals surface area contributed by atoms with Gasteiger partial charge in [0.05, 0.1) is 5.56 Å². The monoisotopic (exact) mass is 412 g/mol. The molecular formula is C27H28N2O2. The third kappa shape index (κ3) is 2.51. The molecule has 0 amide bonds. The highest BCUT2D eigenvalue weighted by molar-refractivity contribution is 5.97. The molecule has 0 bridgehead atoms. The zero-order valence-corrected chi connectivity index (χ0v) is 19.0. The second-order valence-electron chi connectivity index (χ2n) is 9.49. The number of esters is 1. The number of fused-ring (bicyclic) bond motifs is 6. The van der Waals surface area contributed by atoms with Crippen LogP contribution in [0.25, 0.3) is 0 Å². The first-order valence-electron chi connectivity index (χ1n) is 10.7. The number of ether oxygens (including phenoxy) is 1. The van der Waals surface area contributed by atoms with E-state index in [4.69, 9.17) is 4.74 Å². The summed E-state index contributed by atoms with van der Waals surface area (Å²) in [5, 5.41) is 0. The number of hydrogen-bond acceptors (Lipinski definition) is 4. The van der Waals surface area contributed by atoms with Gasteiger partial charge in [0.1, 0.15) is 0 Å². The van der Waals surface area contributed by atoms with E-state index in [-0.39, 0.29) is 11.4 Å². The summed E-state index contributed by atoms with van der Waals surface area (Å²) in [7, 11) is 8.21. The maximum Gasteiger partial charge on any atom is 0.340 e. The van der Waals surface area contributed by atoms with Crippen LogP contribution in [-0.4, -0.2) is 34.2 Å². The number of benzene rings is 3. The lowest BCUT2D eigenvalue weighted by molar-refractivity contribution is 0.0231. The van der Waals surface area contributed by atoms with E-state index in [9.17, 15) is 4.79 Å². The van der Waals surface area contributed by atoms with E-state index in [1.54, 1.807) is 0 Å². The average molecular weight is 413 g/mol. The number of rotatable bonds is 2. The quantitative estimate of drug-likeness (QED) is 0.560. The summed E-state index contributed by atoms with van der Waals surface area (Å²) in [5.41, 5.74) is 7.12. The maximum atomic E-state index is 13.0. The normalized spacial score (nSPS) is 16.9. The molecule has 0 saturated carbocycles. The molecule has 1 aliphatic heterocycles. The van der Waals surface area contributed by atoms with Crippen LogP contribution < -0.4 is 9.80 Å². The van der Waals surface area contributed by atoms with E-state index in [1.165, 1.54) is 11.1 Å². The van der Waals surface area contributed by atoms with E-state index in [0.29, 0.717) is 5.56 Å². The maximum absolute atomic E-state index is 13.0. The van der Waals surface area contributed by atoms with E-state index >= 15 is 0 Å². The Bertz CT molecular complexity index is 1160. The van der Waals surface area contributed by atoms with Crippen molar-refractivity contribution in [2.45, 2.75) is 24.9 Å². The largest absolute Gasteiger partial charge is 0.441 e. The van der Waals surface area contributed by atoms with Gasteiger partial charge in [-0.1, -0.05) is 44.2 Å². The number of nitrogens with zero attached hydrogens (tertiary/aromatic N) is 2. The van der Waals surface area contributed by atoms with Gasteiger partial charge >= 0.3 is 5.97 Å². The van der Waals surface area contributed by atoms with Crippen LogP contribution in [0.1, 0.15) is 52.0 Å². The van der Waals surface area contributed by atoms with Crippen LogP contribution in [0, 0.1) is 0 Å². The van der Waals surface area contributed by atoms with Crippen molar-refractivity contribution in [3.63, 3.8) is 0 Å². The predicted molar refractivity (Wildman–Crippen MR) is 125 cm³/mol. The zero-order valence-electron chi connectivity index (χ0n) is 19.0. The van der Waals surface area contributed by atoms with E-state index in [0.717, 1.165) is 28.1 Å². The van der Waals surface area contributed by atoms with Crippen molar-refractivity contribution in [1.82, 2.24) is 0 Å². The first kappa shape index (κ1) is 19.7. The van der Waals surface area contributed by atoms with Gasteiger partial charge in [-0.3, -0.25) is 0 Å². The van der Waals surface area contributed by atoms with Gasteiger partial charge in [0, 0.05) is 61.7 Å². The van der Waals surface area contributed by atoms with Gasteiger partial charge in [0.25, 0.3) is 0 Å². The Morgan fingerprint density at radius 3 is 1.71 bits per heavy atom. The molecule has 31 heavy (non-hydrogen) atoms. The fourth-order valence-corrected chi connectivity index (χ4v) is 5.18. The Morgan fingerprint density at radius 1 is 0.677 bits per heavy atom. The minimum absolute atomic E-state index is 0.252. The van der Waals surface area contributed by atoms with Crippen molar-refractivity contribution < 1.29 is 9.53 Å². The van der Waals surface area contributed by atoms with Gasteiger partial charge < -0.3 is 14.5 Å². The fraction of sp³-hybridized carbons (Fsp3) is 0.296. The summed E-state index contributed by atoms with van der Waals surface area (Å²) in [6.07, 6.45) is 0. The number of carbonyl (C=O) groups is 1. The van der Waals surface area contributed by atoms with Crippen molar-refractivity contribution in [2.75, 3.05) is 38.0 Å². The van der Waals surface area contributed by atoms with Crippen LogP contribution in [0.3, 0.4) is 0 Å². The van der Waals surface area contributed by atoms with Gasteiger partial charge in [0.2, 0.25) is 0 Å². The molecule has 0 aromatic heterocycles. The molecule has 4 heteroatoms. The summed E-state index contributed by atoms with van der Waals surface area (Å²) >= 11 is 0. The molecule has 3 aromatic rings. The highest BCUT2D eigenvalue weighted by Crippen LogP contribution is 2.57. The predicted octanol–water partition coefficient (Wildman–Crippen LogP) is 4.92. The van der Waals surface area contributed by atoms with Crippen LogP contribution in [-0.2, 0) is 15.8 Å². The molecule has 1 heterocycles. The summed E-state index contributed by atoms with van der Waals surface area (Å²) in [4.78, 5) is 17.3. The van der Waals surface area contributed by atoms with Crippen LogP contribution in [0.2, 0.25) is 0 Å². The minimum Gasteiger partial charge on any atom is -0.441 e. The van der Waals surface area contributed by atoms with Crippen LogP contribution in [0.5, 0.6) is 0 Å². The second-order valence-corrected chi connectivity index (χ2v) is 9.49. The lowest BCUT2D eigenvalue weighted by Gasteiger charge is -2.45. The van der Waals surface area contributed by atoms with Crippen molar-refractivity contribution in [1.29, 1.82) is 0 Å². The Balaban J connectivity index is 1.92. The average Bonchev–Trinajstić information content (AvgIpc) is 3.05. The third-order valence-corrected chi connectivity index (χ3v) is 6.92. The molecule has 4 nitrogen and oxygen atoms in total. The lowest BCUT2D eigenvalue weighted by Crippen LogP contribution is -2.41. The topological polar surface area (TPSA) is 32.8 Å². The third-order valence-electron chi connectivity index (χ3n) is 6.92. The molecule has 0 unspecified atom stereocenters. The van der Waals surface area contributed by atoms with Crippen molar-refractivity contribution in [2.24, 2.45) is 0 Å². The number of anilines is 2. The molecular weight excluding hydrogens is 384 g/mol. The van der Waals surface area contributed by atoms with Gasteiger partial charge in [0.15, 0.2) is 5.60 Å². The summed E-state index contributed by atoms with van der Waals surface area (Å²) in [5.74, 6) is -0.263. The first-order valence-corrected chi connectivity index (χ1v) is 10.7. The fourth-order valence-electron chi connectivity index (χ4n) is 5.18. The smallest absolute Gasteiger partial charge is 0.340 e. The molecule has 158 valence electrons. The van der Waals surface area contributed by atoms with Crippen molar-refractivity contribution >= 4 is 17.3 Å². The van der Waals surface area contributed by atoms with Gasteiger partial charge in [-0.05, 0) is 41.5 Å². The zero-order chi connectivity index (χ0) is 22.1. The number of hydrogen-bond donors (Lipinski definition) is 0. The van der Waals surface area contributed by atoms with E-state index in [2.05, 4.69) is 88.2 Å². The van der Waals surface area contributed by atoms with Crippen LogP contribution in [0.4, 0.5) is 11.4 Å². The van der Waals surface area contributed by atoms with E-state index in [1.807, 2.05) is 24.3 Å². The molecule has 0 saturated heterocycles. The Morgan fingerprint density at radius 2 is 1.19 bits per heavy atom.